The molecule has 0 amide bonds. The lowest BCUT2D eigenvalue weighted by Crippen LogP contribution is -2.26. The van der Waals surface area contributed by atoms with Crippen molar-refractivity contribution in [3.05, 3.63) is 34.9 Å². The van der Waals surface area contributed by atoms with Gasteiger partial charge >= 0.3 is 0 Å². The van der Waals surface area contributed by atoms with Crippen molar-refractivity contribution < 1.29 is 0 Å². The van der Waals surface area contributed by atoms with E-state index in [1.165, 1.54) is 12.8 Å². The van der Waals surface area contributed by atoms with Crippen LogP contribution in [-0.2, 0) is 0 Å². The Morgan fingerprint density at radius 2 is 2.18 bits per heavy atom. The van der Waals surface area contributed by atoms with Crippen LogP contribution in [0, 0.1) is 16.7 Å². The minimum absolute atomic E-state index is 0.236. The quantitative estimate of drug-likeness (QED) is 0.863. The van der Waals surface area contributed by atoms with Crippen molar-refractivity contribution in [3.8, 4) is 6.07 Å². The predicted octanol–water partition coefficient (Wildman–Crippen LogP) is 3.68. The molecule has 1 saturated carbocycles. The Kier molecular flexibility index (Phi) is 3.71. The van der Waals surface area contributed by atoms with Gasteiger partial charge in [-0.15, -0.1) is 0 Å². The number of hydrogen-bond acceptors (Lipinski definition) is 2. The number of hydrogen-bond donors (Lipinski definition) is 1. The summed E-state index contributed by atoms with van der Waals surface area (Å²) in [5, 5.41) is 13.1. The summed E-state index contributed by atoms with van der Waals surface area (Å²) < 4.78 is 0. The Bertz CT molecular complexity index is 432. The van der Waals surface area contributed by atoms with E-state index in [0.717, 1.165) is 17.1 Å². The first kappa shape index (κ1) is 12.4. The SMILES string of the molecule is CC(NCC1(CC#N)CC1)c1ccccc1Cl. The van der Waals surface area contributed by atoms with Gasteiger partial charge in [0.05, 0.1) is 6.07 Å². The zero-order valence-electron chi connectivity index (χ0n) is 10.0. The molecule has 0 aliphatic heterocycles. The van der Waals surface area contributed by atoms with E-state index in [1.807, 2.05) is 24.3 Å². The third-order valence-electron chi connectivity index (χ3n) is 3.57. The van der Waals surface area contributed by atoms with Gasteiger partial charge in [0, 0.05) is 24.0 Å². The predicted molar refractivity (Wildman–Crippen MR) is 69.8 cm³/mol. The molecule has 0 aromatic heterocycles. The van der Waals surface area contributed by atoms with E-state index in [0.29, 0.717) is 6.42 Å². The maximum absolute atomic E-state index is 8.77. The zero-order chi connectivity index (χ0) is 12.3. The molecule has 0 heterocycles. The molecule has 1 aromatic carbocycles. The monoisotopic (exact) mass is 248 g/mol. The smallest absolute Gasteiger partial charge is 0.0628 e. The van der Waals surface area contributed by atoms with Gasteiger partial charge in [0.1, 0.15) is 0 Å². The zero-order valence-corrected chi connectivity index (χ0v) is 10.8. The number of nitrogens with zero attached hydrogens (tertiary/aromatic N) is 1. The first-order chi connectivity index (χ1) is 8.17. The fourth-order valence-electron chi connectivity index (χ4n) is 2.07. The lowest BCUT2D eigenvalue weighted by Gasteiger charge is -2.19. The van der Waals surface area contributed by atoms with Gasteiger partial charge in [-0.3, -0.25) is 0 Å². The van der Waals surface area contributed by atoms with Crippen LogP contribution in [-0.4, -0.2) is 6.54 Å². The van der Waals surface area contributed by atoms with Crippen molar-refractivity contribution in [2.24, 2.45) is 5.41 Å². The Balaban J connectivity index is 1.92. The summed E-state index contributed by atoms with van der Waals surface area (Å²) in [5.74, 6) is 0. The molecule has 1 atom stereocenters. The average Bonchev–Trinajstić information content (AvgIpc) is 3.08. The molecule has 1 N–H and O–H groups in total. The van der Waals surface area contributed by atoms with Gasteiger partial charge in [0.25, 0.3) is 0 Å². The summed E-state index contributed by atoms with van der Waals surface area (Å²) in [7, 11) is 0. The second-order valence-corrected chi connectivity index (χ2v) is 5.37. The molecule has 2 rings (SSSR count). The van der Waals surface area contributed by atoms with Crippen molar-refractivity contribution in [3.63, 3.8) is 0 Å². The van der Waals surface area contributed by atoms with E-state index in [2.05, 4.69) is 18.3 Å². The highest BCUT2D eigenvalue weighted by molar-refractivity contribution is 6.31. The average molecular weight is 249 g/mol. The normalized spacial score (nSPS) is 18.4. The van der Waals surface area contributed by atoms with Crippen molar-refractivity contribution >= 4 is 11.6 Å². The minimum Gasteiger partial charge on any atom is -0.310 e. The van der Waals surface area contributed by atoms with E-state index in [9.17, 15) is 0 Å². The lowest BCUT2D eigenvalue weighted by atomic mass is 10.0. The fraction of sp³-hybridized carbons (Fsp3) is 0.500. The Morgan fingerprint density at radius 3 is 2.76 bits per heavy atom. The minimum atomic E-state index is 0.236. The van der Waals surface area contributed by atoms with Crippen LogP contribution < -0.4 is 5.32 Å². The molecule has 1 aliphatic rings. The number of rotatable bonds is 5. The molecule has 0 radical (unpaired) electrons. The number of nitriles is 1. The maximum Gasteiger partial charge on any atom is 0.0628 e. The molecule has 0 saturated heterocycles. The molecular weight excluding hydrogens is 232 g/mol. The van der Waals surface area contributed by atoms with Crippen LogP contribution in [0.5, 0.6) is 0 Å². The van der Waals surface area contributed by atoms with Crippen LogP contribution in [0.3, 0.4) is 0 Å². The Morgan fingerprint density at radius 1 is 1.47 bits per heavy atom. The molecule has 0 spiro atoms. The second-order valence-electron chi connectivity index (χ2n) is 4.96. The van der Waals surface area contributed by atoms with Crippen LogP contribution in [0.2, 0.25) is 5.02 Å². The largest absolute Gasteiger partial charge is 0.310 e. The Hall–Kier alpha value is -1.04. The molecule has 90 valence electrons. The summed E-state index contributed by atoms with van der Waals surface area (Å²) in [6, 6.07) is 10.4. The maximum atomic E-state index is 8.77. The van der Waals surface area contributed by atoms with Crippen LogP contribution in [0.4, 0.5) is 0 Å². The highest BCUT2D eigenvalue weighted by Crippen LogP contribution is 2.48. The number of benzene rings is 1. The molecular formula is C14H17ClN2. The summed E-state index contributed by atoms with van der Waals surface area (Å²) in [4.78, 5) is 0. The van der Waals surface area contributed by atoms with E-state index in [-0.39, 0.29) is 11.5 Å². The second kappa shape index (κ2) is 5.08. The molecule has 1 aromatic rings. The molecule has 2 nitrogen and oxygen atoms in total. The van der Waals surface area contributed by atoms with Crippen LogP contribution >= 0.6 is 11.6 Å². The van der Waals surface area contributed by atoms with Gasteiger partial charge in [-0.05, 0) is 36.8 Å². The summed E-state index contributed by atoms with van der Waals surface area (Å²) in [6.45, 7) is 3.02. The molecule has 1 aliphatic carbocycles. The van der Waals surface area contributed by atoms with E-state index < -0.39 is 0 Å². The lowest BCUT2D eigenvalue weighted by molar-refractivity contribution is 0.433. The first-order valence-electron chi connectivity index (χ1n) is 6.02. The highest BCUT2D eigenvalue weighted by atomic mass is 35.5. The van der Waals surface area contributed by atoms with Gasteiger partial charge in [0.15, 0.2) is 0 Å². The Labute approximate surface area is 108 Å². The van der Waals surface area contributed by atoms with Gasteiger partial charge in [-0.25, -0.2) is 0 Å². The molecule has 17 heavy (non-hydrogen) atoms. The highest BCUT2D eigenvalue weighted by Gasteiger charge is 2.42. The summed E-state index contributed by atoms with van der Waals surface area (Å²) in [5.41, 5.74) is 1.37. The van der Waals surface area contributed by atoms with E-state index in [4.69, 9.17) is 16.9 Å². The third kappa shape index (κ3) is 3.00. The van der Waals surface area contributed by atoms with Crippen LogP contribution in [0.15, 0.2) is 24.3 Å². The van der Waals surface area contributed by atoms with Gasteiger partial charge < -0.3 is 5.32 Å². The van der Waals surface area contributed by atoms with Crippen molar-refractivity contribution in [2.75, 3.05) is 6.54 Å². The summed E-state index contributed by atoms with van der Waals surface area (Å²) in [6.07, 6.45) is 3.00. The first-order valence-corrected chi connectivity index (χ1v) is 6.39. The van der Waals surface area contributed by atoms with E-state index >= 15 is 0 Å². The molecule has 3 heteroatoms. The standard InChI is InChI=1S/C14H17ClN2/c1-11(12-4-2-3-5-13(12)15)17-10-14(6-7-14)8-9-16/h2-5,11,17H,6-8,10H2,1H3. The van der Waals surface area contributed by atoms with Crippen LogP contribution in [0.1, 0.15) is 37.8 Å². The van der Waals surface area contributed by atoms with Crippen molar-refractivity contribution in [1.82, 2.24) is 5.32 Å². The molecule has 0 bridgehead atoms. The van der Waals surface area contributed by atoms with Gasteiger partial charge in [-0.1, -0.05) is 29.8 Å². The van der Waals surface area contributed by atoms with Crippen molar-refractivity contribution in [2.45, 2.75) is 32.2 Å². The van der Waals surface area contributed by atoms with Crippen molar-refractivity contribution in [1.29, 1.82) is 5.26 Å². The van der Waals surface area contributed by atoms with Gasteiger partial charge in [-0.2, -0.15) is 5.26 Å². The van der Waals surface area contributed by atoms with E-state index in [1.54, 1.807) is 0 Å². The third-order valence-corrected chi connectivity index (χ3v) is 3.91. The molecule has 1 fully saturated rings. The van der Waals surface area contributed by atoms with Crippen LogP contribution in [0.25, 0.3) is 0 Å². The summed E-state index contributed by atoms with van der Waals surface area (Å²) >= 11 is 6.15. The van der Waals surface area contributed by atoms with Gasteiger partial charge in [0.2, 0.25) is 0 Å². The fourth-order valence-corrected chi connectivity index (χ4v) is 2.37. The topological polar surface area (TPSA) is 35.8 Å². The molecule has 1 unspecified atom stereocenters. The number of halogens is 1. The number of nitrogens with one attached hydrogen (secondary N) is 1.